The molecule has 8 nitrogen and oxygen atoms in total. The van der Waals surface area contributed by atoms with Gasteiger partial charge in [0, 0.05) is 23.3 Å². The zero-order valence-electron chi connectivity index (χ0n) is 14.0. The Morgan fingerprint density at radius 3 is 2.23 bits per heavy atom. The first kappa shape index (κ1) is 17.3. The van der Waals surface area contributed by atoms with Gasteiger partial charge in [0.2, 0.25) is 11.8 Å². The van der Waals surface area contributed by atoms with Gasteiger partial charge in [-0.15, -0.1) is 10.2 Å². The maximum Gasteiger partial charge on any atom is 0.335 e. The monoisotopic (exact) mass is 353 g/mol. The Hall–Kier alpha value is -3.55. The van der Waals surface area contributed by atoms with Crippen LogP contribution >= 0.6 is 0 Å². The second-order valence-corrected chi connectivity index (χ2v) is 6.02. The van der Waals surface area contributed by atoms with Gasteiger partial charge >= 0.3 is 5.97 Å². The SMILES string of the molecule is CC(C)c1ccc(-c2nnc(-c3cc(C(=O)O)cc([N+](=O)[O-])c3)o2)cc1. The van der Waals surface area contributed by atoms with E-state index in [-0.39, 0.29) is 28.6 Å². The summed E-state index contributed by atoms with van der Waals surface area (Å²) >= 11 is 0. The Morgan fingerprint density at radius 1 is 1.08 bits per heavy atom. The number of carboxylic acids is 1. The molecule has 0 unspecified atom stereocenters. The minimum Gasteiger partial charge on any atom is -0.478 e. The predicted octanol–water partition coefficient (Wildman–Crippen LogP) is 4.13. The van der Waals surface area contributed by atoms with Gasteiger partial charge in [0.15, 0.2) is 0 Å². The Morgan fingerprint density at radius 2 is 1.69 bits per heavy atom. The number of hydrogen-bond acceptors (Lipinski definition) is 6. The van der Waals surface area contributed by atoms with E-state index in [0.717, 1.165) is 6.07 Å². The third-order valence-corrected chi connectivity index (χ3v) is 3.87. The Labute approximate surface area is 148 Å². The number of nitro groups is 1. The Balaban J connectivity index is 1.99. The van der Waals surface area contributed by atoms with Gasteiger partial charge in [-0.3, -0.25) is 10.1 Å². The van der Waals surface area contributed by atoms with Crippen molar-refractivity contribution >= 4 is 11.7 Å². The van der Waals surface area contributed by atoms with Crippen molar-refractivity contribution < 1.29 is 19.2 Å². The lowest BCUT2D eigenvalue weighted by atomic mass is 10.0. The van der Waals surface area contributed by atoms with Crippen molar-refractivity contribution in [1.29, 1.82) is 0 Å². The lowest BCUT2D eigenvalue weighted by Gasteiger charge is -2.04. The summed E-state index contributed by atoms with van der Waals surface area (Å²) in [5.41, 5.74) is 1.46. The van der Waals surface area contributed by atoms with Crippen LogP contribution in [0, 0.1) is 10.1 Å². The third kappa shape index (κ3) is 3.44. The molecular weight excluding hydrogens is 338 g/mol. The fourth-order valence-electron chi connectivity index (χ4n) is 2.43. The van der Waals surface area contributed by atoms with Gasteiger partial charge in [0.05, 0.1) is 10.5 Å². The molecule has 3 rings (SSSR count). The molecule has 1 N–H and O–H groups in total. The zero-order valence-corrected chi connectivity index (χ0v) is 14.0. The summed E-state index contributed by atoms with van der Waals surface area (Å²) in [5.74, 6) is -0.626. The summed E-state index contributed by atoms with van der Waals surface area (Å²) in [6.07, 6.45) is 0. The highest BCUT2D eigenvalue weighted by atomic mass is 16.6. The van der Waals surface area contributed by atoms with E-state index in [2.05, 4.69) is 24.0 Å². The molecule has 0 bridgehead atoms. The van der Waals surface area contributed by atoms with Crippen LogP contribution in [0.4, 0.5) is 5.69 Å². The number of rotatable bonds is 5. The fourth-order valence-corrected chi connectivity index (χ4v) is 2.43. The first-order chi connectivity index (χ1) is 12.3. The molecule has 26 heavy (non-hydrogen) atoms. The van der Waals surface area contributed by atoms with Gasteiger partial charge in [-0.2, -0.15) is 0 Å². The molecule has 8 heteroatoms. The summed E-state index contributed by atoms with van der Waals surface area (Å²) in [6, 6.07) is 11.1. The van der Waals surface area contributed by atoms with Crippen molar-refractivity contribution in [3.63, 3.8) is 0 Å². The predicted molar refractivity (Wildman–Crippen MR) is 92.9 cm³/mol. The molecule has 1 aromatic heterocycles. The molecule has 0 radical (unpaired) electrons. The normalized spacial score (nSPS) is 10.9. The Bertz CT molecular complexity index is 944. The van der Waals surface area contributed by atoms with Crippen LogP contribution in [0.25, 0.3) is 22.9 Å². The number of benzene rings is 2. The fraction of sp³-hybridized carbons (Fsp3) is 0.167. The number of carboxylic acid groups (broad SMARTS) is 1. The smallest absolute Gasteiger partial charge is 0.335 e. The molecule has 0 amide bonds. The second kappa shape index (κ2) is 6.75. The van der Waals surface area contributed by atoms with Crippen LogP contribution in [0.1, 0.15) is 35.7 Å². The first-order valence-electron chi connectivity index (χ1n) is 7.82. The largest absolute Gasteiger partial charge is 0.478 e. The first-order valence-corrected chi connectivity index (χ1v) is 7.82. The van der Waals surface area contributed by atoms with Crippen LogP contribution in [0.2, 0.25) is 0 Å². The van der Waals surface area contributed by atoms with Gasteiger partial charge < -0.3 is 9.52 Å². The summed E-state index contributed by atoms with van der Waals surface area (Å²) in [7, 11) is 0. The summed E-state index contributed by atoms with van der Waals surface area (Å²) in [5, 5.41) is 28.0. The van der Waals surface area contributed by atoms with E-state index in [9.17, 15) is 14.9 Å². The molecule has 0 atom stereocenters. The lowest BCUT2D eigenvalue weighted by Crippen LogP contribution is -1.99. The number of non-ortho nitro benzene ring substituents is 1. The number of aromatic nitrogens is 2. The quantitative estimate of drug-likeness (QED) is 0.541. The highest BCUT2D eigenvalue weighted by Crippen LogP contribution is 2.28. The highest BCUT2D eigenvalue weighted by molar-refractivity contribution is 5.90. The van der Waals surface area contributed by atoms with E-state index in [1.165, 1.54) is 17.7 Å². The van der Waals surface area contributed by atoms with Crippen molar-refractivity contribution in [3.05, 3.63) is 63.7 Å². The molecule has 0 spiro atoms. The Kier molecular flexibility index (Phi) is 4.49. The van der Waals surface area contributed by atoms with E-state index in [1.54, 1.807) is 0 Å². The number of carbonyl (C=O) groups is 1. The number of nitrogens with zero attached hydrogens (tertiary/aromatic N) is 3. The van der Waals surface area contributed by atoms with Crippen molar-refractivity contribution in [3.8, 4) is 22.9 Å². The molecule has 0 aliphatic rings. The van der Waals surface area contributed by atoms with Crippen molar-refractivity contribution in [2.24, 2.45) is 0 Å². The van der Waals surface area contributed by atoms with E-state index in [4.69, 9.17) is 9.52 Å². The maximum absolute atomic E-state index is 11.2. The topological polar surface area (TPSA) is 119 Å². The highest BCUT2D eigenvalue weighted by Gasteiger charge is 2.18. The second-order valence-electron chi connectivity index (χ2n) is 6.02. The maximum atomic E-state index is 11.2. The average Bonchev–Trinajstić information content (AvgIpc) is 3.11. The molecule has 0 aliphatic carbocycles. The van der Waals surface area contributed by atoms with Crippen LogP contribution < -0.4 is 0 Å². The standard InChI is InChI=1S/C18H15N3O5/c1-10(2)11-3-5-12(6-4-11)16-19-20-17(26-16)13-7-14(18(22)23)9-15(8-13)21(24)25/h3-10H,1-2H3,(H,22,23). The molecule has 3 aromatic rings. The van der Waals surface area contributed by atoms with Crippen molar-refractivity contribution in [2.45, 2.75) is 19.8 Å². The summed E-state index contributed by atoms with van der Waals surface area (Å²) in [4.78, 5) is 21.5. The average molecular weight is 353 g/mol. The molecule has 0 saturated heterocycles. The van der Waals surface area contributed by atoms with Crippen LogP contribution in [0.3, 0.4) is 0 Å². The van der Waals surface area contributed by atoms with Gasteiger partial charge in [-0.1, -0.05) is 26.0 Å². The van der Waals surface area contributed by atoms with E-state index >= 15 is 0 Å². The van der Waals surface area contributed by atoms with Gasteiger partial charge in [0.1, 0.15) is 0 Å². The third-order valence-electron chi connectivity index (χ3n) is 3.87. The molecule has 1 heterocycles. The zero-order chi connectivity index (χ0) is 18.8. The summed E-state index contributed by atoms with van der Waals surface area (Å²) in [6.45, 7) is 4.17. The molecule has 132 valence electrons. The van der Waals surface area contributed by atoms with Crippen molar-refractivity contribution in [1.82, 2.24) is 10.2 Å². The van der Waals surface area contributed by atoms with Gasteiger partial charge in [-0.05, 0) is 29.7 Å². The minimum absolute atomic E-state index is 0.0131. The van der Waals surface area contributed by atoms with Crippen molar-refractivity contribution in [2.75, 3.05) is 0 Å². The minimum atomic E-state index is -1.28. The molecule has 0 saturated carbocycles. The molecule has 0 aliphatic heterocycles. The number of nitro benzene ring substituents is 1. The van der Waals surface area contributed by atoms with Gasteiger partial charge in [0.25, 0.3) is 5.69 Å². The van der Waals surface area contributed by atoms with Crippen LogP contribution in [-0.4, -0.2) is 26.2 Å². The molecule has 0 fully saturated rings. The number of hydrogen-bond donors (Lipinski definition) is 1. The van der Waals surface area contributed by atoms with Crippen LogP contribution in [-0.2, 0) is 0 Å². The van der Waals surface area contributed by atoms with E-state index in [0.29, 0.717) is 11.5 Å². The van der Waals surface area contributed by atoms with E-state index < -0.39 is 10.9 Å². The summed E-state index contributed by atoms with van der Waals surface area (Å²) < 4.78 is 5.59. The lowest BCUT2D eigenvalue weighted by molar-refractivity contribution is -0.384. The molecule has 2 aromatic carbocycles. The van der Waals surface area contributed by atoms with Crippen LogP contribution in [0.5, 0.6) is 0 Å². The van der Waals surface area contributed by atoms with Crippen LogP contribution in [0.15, 0.2) is 46.9 Å². The van der Waals surface area contributed by atoms with E-state index in [1.807, 2.05) is 24.3 Å². The number of aromatic carboxylic acids is 1. The van der Waals surface area contributed by atoms with Gasteiger partial charge in [-0.25, -0.2) is 4.79 Å². The molecular formula is C18H15N3O5.